The molecule has 3 heteroatoms. The van der Waals surface area contributed by atoms with Crippen LogP contribution in [0, 0.1) is 0 Å². The van der Waals surface area contributed by atoms with E-state index in [0.29, 0.717) is 12.8 Å². The van der Waals surface area contributed by atoms with E-state index in [9.17, 15) is 9.59 Å². The van der Waals surface area contributed by atoms with Crippen molar-refractivity contribution in [2.75, 3.05) is 0 Å². The van der Waals surface area contributed by atoms with Gasteiger partial charge in [-0.3, -0.25) is 9.59 Å². The number of carbonyl (C=O) groups excluding carboxylic acids is 2. The molecule has 20 heavy (non-hydrogen) atoms. The topological polar surface area (TPSA) is 46.2 Å². The molecule has 0 saturated heterocycles. The van der Waals surface area contributed by atoms with Crippen LogP contribution in [0.3, 0.4) is 0 Å². The largest absolute Gasteiger partial charge is 0.329 e. The van der Waals surface area contributed by atoms with Gasteiger partial charge in [0.2, 0.25) is 5.91 Å². The maximum atomic E-state index is 12.2. The first-order valence-corrected chi connectivity index (χ1v) is 7.34. The Labute approximate surface area is 119 Å². The Balaban J connectivity index is 2.01. The molecule has 0 bridgehead atoms. The quantitative estimate of drug-likeness (QED) is 0.897. The minimum atomic E-state index is -0.0579. The highest BCUT2D eigenvalue weighted by Crippen LogP contribution is 2.37. The van der Waals surface area contributed by atoms with Crippen LogP contribution in [0.5, 0.6) is 0 Å². The number of hydrogen-bond acceptors (Lipinski definition) is 2. The average molecular weight is 269 g/mol. The Bertz CT molecular complexity index is 584. The van der Waals surface area contributed by atoms with E-state index in [-0.39, 0.29) is 17.6 Å². The summed E-state index contributed by atoms with van der Waals surface area (Å²) in [5.74, 6) is 0.177. The molecule has 0 aromatic heterocycles. The summed E-state index contributed by atoms with van der Waals surface area (Å²) in [6.07, 6.45) is 3.66. The molecule has 0 fully saturated rings. The number of benzene rings is 1. The normalized spacial score (nSPS) is 22.6. The van der Waals surface area contributed by atoms with Crippen molar-refractivity contribution < 1.29 is 9.59 Å². The minimum absolute atomic E-state index is 0.0306. The lowest BCUT2D eigenvalue weighted by Gasteiger charge is -2.31. The SMILES string of the molecule is CCc1ccc([C@@H]2CC(=O)NC3=C2C(=O)CCC3)cc1. The zero-order valence-corrected chi connectivity index (χ0v) is 11.7. The molecule has 0 saturated carbocycles. The summed E-state index contributed by atoms with van der Waals surface area (Å²) in [5, 5.41) is 2.89. The van der Waals surface area contributed by atoms with Crippen molar-refractivity contribution in [3.05, 3.63) is 46.7 Å². The van der Waals surface area contributed by atoms with Crippen molar-refractivity contribution in [2.45, 2.75) is 44.9 Å². The van der Waals surface area contributed by atoms with E-state index >= 15 is 0 Å². The fourth-order valence-corrected chi connectivity index (χ4v) is 3.17. The second kappa shape index (κ2) is 5.23. The van der Waals surface area contributed by atoms with Gasteiger partial charge in [0.25, 0.3) is 0 Å². The Morgan fingerprint density at radius 3 is 2.60 bits per heavy atom. The summed E-state index contributed by atoms with van der Waals surface area (Å²) in [6, 6.07) is 8.31. The average Bonchev–Trinajstić information content (AvgIpc) is 2.46. The van der Waals surface area contributed by atoms with Crippen molar-refractivity contribution in [1.29, 1.82) is 0 Å². The molecule has 0 spiro atoms. The molecule has 1 aliphatic carbocycles. The highest BCUT2D eigenvalue weighted by molar-refractivity contribution is 6.01. The standard InChI is InChI=1S/C17H19NO2/c1-2-11-6-8-12(9-7-11)13-10-16(20)18-14-4-3-5-15(19)17(13)14/h6-9,13H,2-5,10H2,1H3,(H,18,20)/t13-/m0/s1. The van der Waals surface area contributed by atoms with Gasteiger partial charge in [0.1, 0.15) is 0 Å². The molecule has 0 unspecified atom stereocenters. The summed E-state index contributed by atoms with van der Waals surface area (Å²) >= 11 is 0. The highest BCUT2D eigenvalue weighted by Gasteiger charge is 2.34. The minimum Gasteiger partial charge on any atom is -0.329 e. The highest BCUT2D eigenvalue weighted by atomic mass is 16.2. The first kappa shape index (κ1) is 13.1. The van der Waals surface area contributed by atoms with Crippen LogP contribution in [0.1, 0.15) is 49.7 Å². The van der Waals surface area contributed by atoms with Gasteiger partial charge in [-0.05, 0) is 30.4 Å². The number of rotatable bonds is 2. The summed E-state index contributed by atoms with van der Waals surface area (Å²) in [6.45, 7) is 2.12. The molecule has 2 aliphatic rings. The molecule has 1 N–H and O–H groups in total. The van der Waals surface area contributed by atoms with Gasteiger partial charge in [-0.1, -0.05) is 31.2 Å². The molecular formula is C17H19NO2. The van der Waals surface area contributed by atoms with E-state index in [4.69, 9.17) is 0 Å². The van der Waals surface area contributed by atoms with E-state index in [0.717, 1.165) is 36.1 Å². The molecule has 1 amide bonds. The fourth-order valence-electron chi connectivity index (χ4n) is 3.17. The monoisotopic (exact) mass is 269 g/mol. The molecule has 1 aromatic carbocycles. The number of allylic oxidation sites excluding steroid dienone is 2. The third-order valence-corrected chi connectivity index (χ3v) is 4.27. The van der Waals surface area contributed by atoms with Crippen LogP contribution < -0.4 is 5.32 Å². The van der Waals surface area contributed by atoms with Crippen molar-refractivity contribution in [1.82, 2.24) is 5.32 Å². The first-order valence-electron chi connectivity index (χ1n) is 7.34. The molecule has 1 atom stereocenters. The Morgan fingerprint density at radius 1 is 1.15 bits per heavy atom. The zero-order valence-electron chi connectivity index (χ0n) is 11.7. The Kier molecular flexibility index (Phi) is 3.43. The lowest BCUT2D eigenvalue weighted by molar-refractivity contribution is -0.122. The van der Waals surface area contributed by atoms with Crippen molar-refractivity contribution >= 4 is 11.7 Å². The molecular weight excluding hydrogens is 250 g/mol. The second-order valence-corrected chi connectivity index (χ2v) is 5.57. The predicted molar refractivity (Wildman–Crippen MR) is 77.2 cm³/mol. The predicted octanol–water partition coefficient (Wildman–Crippen LogP) is 2.86. The van der Waals surface area contributed by atoms with Crippen LogP contribution in [0.4, 0.5) is 0 Å². The van der Waals surface area contributed by atoms with Crippen LogP contribution >= 0.6 is 0 Å². The van der Waals surface area contributed by atoms with Gasteiger partial charge in [0.05, 0.1) is 0 Å². The maximum Gasteiger partial charge on any atom is 0.225 e. The van der Waals surface area contributed by atoms with Crippen LogP contribution in [-0.2, 0) is 16.0 Å². The van der Waals surface area contributed by atoms with E-state index in [1.807, 2.05) is 0 Å². The third-order valence-electron chi connectivity index (χ3n) is 4.27. The number of Topliss-reactive ketones (excluding diaryl/α,β-unsaturated/α-hetero) is 1. The molecule has 1 aliphatic heterocycles. The summed E-state index contributed by atoms with van der Waals surface area (Å²) in [5.41, 5.74) is 4.07. The van der Waals surface area contributed by atoms with Crippen molar-refractivity contribution in [3.63, 3.8) is 0 Å². The van der Waals surface area contributed by atoms with Crippen molar-refractivity contribution in [2.24, 2.45) is 0 Å². The number of hydrogen-bond donors (Lipinski definition) is 1. The van der Waals surface area contributed by atoms with E-state index in [1.165, 1.54) is 5.56 Å². The second-order valence-electron chi connectivity index (χ2n) is 5.57. The van der Waals surface area contributed by atoms with Gasteiger partial charge in [-0.15, -0.1) is 0 Å². The van der Waals surface area contributed by atoms with E-state index in [2.05, 4.69) is 36.5 Å². The van der Waals surface area contributed by atoms with Crippen LogP contribution in [0.15, 0.2) is 35.5 Å². The maximum absolute atomic E-state index is 12.2. The van der Waals surface area contributed by atoms with Crippen molar-refractivity contribution in [3.8, 4) is 0 Å². The number of nitrogens with one attached hydrogen (secondary N) is 1. The number of ketones is 1. The summed E-state index contributed by atoms with van der Waals surface area (Å²) in [4.78, 5) is 24.1. The number of carbonyl (C=O) groups is 2. The lowest BCUT2D eigenvalue weighted by Crippen LogP contribution is -2.36. The smallest absolute Gasteiger partial charge is 0.225 e. The fraction of sp³-hybridized carbons (Fsp3) is 0.412. The summed E-state index contributed by atoms with van der Waals surface area (Å²) < 4.78 is 0. The van der Waals surface area contributed by atoms with E-state index < -0.39 is 0 Å². The zero-order chi connectivity index (χ0) is 14.1. The van der Waals surface area contributed by atoms with Crippen LogP contribution in [0.2, 0.25) is 0 Å². The Morgan fingerprint density at radius 2 is 1.90 bits per heavy atom. The van der Waals surface area contributed by atoms with E-state index in [1.54, 1.807) is 0 Å². The Hall–Kier alpha value is -1.90. The van der Waals surface area contributed by atoms with Gasteiger partial charge >= 0.3 is 0 Å². The number of amides is 1. The lowest BCUT2D eigenvalue weighted by atomic mass is 9.78. The first-order chi connectivity index (χ1) is 9.69. The summed E-state index contributed by atoms with van der Waals surface area (Å²) in [7, 11) is 0. The third kappa shape index (κ3) is 2.28. The van der Waals surface area contributed by atoms with Crippen LogP contribution in [0.25, 0.3) is 0 Å². The van der Waals surface area contributed by atoms with Gasteiger partial charge < -0.3 is 5.32 Å². The van der Waals surface area contributed by atoms with Gasteiger partial charge in [0, 0.05) is 30.0 Å². The molecule has 3 nitrogen and oxygen atoms in total. The van der Waals surface area contributed by atoms with Gasteiger partial charge in [0.15, 0.2) is 5.78 Å². The molecule has 1 aromatic rings. The van der Waals surface area contributed by atoms with Gasteiger partial charge in [-0.25, -0.2) is 0 Å². The molecule has 104 valence electrons. The van der Waals surface area contributed by atoms with Crippen LogP contribution in [-0.4, -0.2) is 11.7 Å². The molecule has 1 heterocycles. The molecule has 0 radical (unpaired) electrons. The number of aryl methyl sites for hydroxylation is 1. The molecule has 3 rings (SSSR count). The van der Waals surface area contributed by atoms with Gasteiger partial charge in [-0.2, -0.15) is 0 Å².